The van der Waals surface area contributed by atoms with E-state index in [4.69, 9.17) is 16.3 Å². The maximum atomic E-state index is 13.7. The molecule has 1 saturated carbocycles. The number of benzene rings is 2. The summed E-state index contributed by atoms with van der Waals surface area (Å²) in [4.78, 5) is 12.0. The van der Waals surface area contributed by atoms with Crippen molar-refractivity contribution in [3.05, 3.63) is 58.9 Å². The van der Waals surface area contributed by atoms with Crippen molar-refractivity contribution in [3.63, 3.8) is 0 Å². The van der Waals surface area contributed by atoms with Gasteiger partial charge in [-0.2, -0.15) is 0 Å². The van der Waals surface area contributed by atoms with Gasteiger partial charge in [0.25, 0.3) is 0 Å². The van der Waals surface area contributed by atoms with Gasteiger partial charge in [0.15, 0.2) is 0 Å². The molecule has 0 saturated heterocycles. The number of ether oxygens (including phenoxy) is 1. The number of halogens is 2. The minimum Gasteiger partial charge on any atom is -0.490 e. The van der Waals surface area contributed by atoms with E-state index in [1.807, 2.05) is 12.1 Å². The number of rotatable bonds is 5. The first-order valence-electron chi connectivity index (χ1n) is 8.10. The molecule has 0 unspecified atom stereocenters. The summed E-state index contributed by atoms with van der Waals surface area (Å²) in [6.07, 6.45) is 4.91. The van der Waals surface area contributed by atoms with Gasteiger partial charge in [-0.3, -0.25) is 4.79 Å². The van der Waals surface area contributed by atoms with E-state index in [0.29, 0.717) is 22.4 Å². The topological polar surface area (TPSA) is 38.3 Å². The van der Waals surface area contributed by atoms with Crippen LogP contribution in [0.5, 0.6) is 5.75 Å². The van der Waals surface area contributed by atoms with Crippen LogP contribution < -0.4 is 10.1 Å². The number of carbonyl (C=O) groups is 1. The van der Waals surface area contributed by atoms with Crippen LogP contribution in [-0.4, -0.2) is 12.0 Å². The lowest BCUT2D eigenvalue weighted by molar-refractivity contribution is -0.115. The summed E-state index contributed by atoms with van der Waals surface area (Å²) in [5, 5.41) is 3.07. The monoisotopic (exact) mass is 347 g/mol. The van der Waals surface area contributed by atoms with E-state index in [-0.39, 0.29) is 12.3 Å². The normalized spacial score (nSPS) is 14.6. The fourth-order valence-corrected chi connectivity index (χ4v) is 3.02. The Labute approximate surface area is 145 Å². The molecule has 3 rings (SSSR count). The smallest absolute Gasteiger partial charge is 0.228 e. The summed E-state index contributed by atoms with van der Waals surface area (Å²) in [6.45, 7) is 0. The third-order valence-corrected chi connectivity index (χ3v) is 4.34. The van der Waals surface area contributed by atoms with E-state index < -0.39 is 5.82 Å². The fourth-order valence-electron chi connectivity index (χ4n) is 2.86. The molecule has 0 atom stereocenters. The van der Waals surface area contributed by atoms with Gasteiger partial charge in [0.05, 0.1) is 12.5 Å². The Hall–Kier alpha value is -2.07. The quantitative estimate of drug-likeness (QED) is 0.828. The largest absolute Gasteiger partial charge is 0.490 e. The maximum absolute atomic E-state index is 13.7. The molecule has 0 aromatic heterocycles. The number of carbonyl (C=O) groups excluding carboxylic acids is 1. The Morgan fingerprint density at radius 2 is 1.88 bits per heavy atom. The van der Waals surface area contributed by atoms with Gasteiger partial charge in [-0.15, -0.1) is 0 Å². The maximum Gasteiger partial charge on any atom is 0.228 e. The highest BCUT2D eigenvalue weighted by Gasteiger charge is 2.16. The molecule has 1 N–H and O–H groups in total. The van der Waals surface area contributed by atoms with Crippen LogP contribution in [0.3, 0.4) is 0 Å². The van der Waals surface area contributed by atoms with E-state index >= 15 is 0 Å². The predicted molar refractivity (Wildman–Crippen MR) is 93.1 cm³/mol. The summed E-state index contributed by atoms with van der Waals surface area (Å²) in [6, 6.07) is 11.6. The molecular formula is C19H19ClFNO2. The molecule has 0 spiro atoms. The van der Waals surface area contributed by atoms with Gasteiger partial charge in [-0.1, -0.05) is 17.7 Å². The Balaban J connectivity index is 1.55. The van der Waals surface area contributed by atoms with Gasteiger partial charge in [-0.25, -0.2) is 4.39 Å². The lowest BCUT2D eigenvalue weighted by Crippen LogP contribution is -2.15. The van der Waals surface area contributed by atoms with Crippen molar-refractivity contribution >= 4 is 23.2 Å². The summed E-state index contributed by atoms with van der Waals surface area (Å²) in [5.41, 5.74) is 0.978. The first-order valence-corrected chi connectivity index (χ1v) is 8.48. The van der Waals surface area contributed by atoms with Crippen LogP contribution in [-0.2, 0) is 11.2 Å². The van der Waals surface area contributed by atoms with Crippen molar-refractivity contribution in [2.75, 3.05) is 5.32 Å². The van der Waals surface area contributed by atoms with E-state index in [9.17, 15) is 9.18 Å². The van der Waals surface area contributed by atoms with E-state index in [2.05, 4.69) is 5.32 Å². The van der Waals surface area contributed by atoms with Gasteiger partial charge in [0, 0.05) is 10.7 Å². The van der Waals surface area contributed by atoms with Crippen LogP contribution in [0.2, 0.25) is 5.02 Å². The van der Waals surface area contributed by atoms with Crippen molar-refractivity contribution in [2.24, 2.45) is 0 Å². The zero-order valence-electron chi connectivity index (χ0n) is 13.2. The average Bonchev–Trinajstić information content (AvgIpc) is 3.05. The standard InChI is InChI=1S/C19H19ClFNO2/c20-14-6-5-13(18(21)12-14)11-19(23)22-15-7-9-17(10-8-15)24-16-3-1-2-4-16/h5-10,12,16H,1-4,11H2,(H,22,23). The average molecular weight is 348 g/mol. The van der Waals surface area contributed by atoms with Crippen LogP contribution in [0.25, 0.3) is 0 Å². The summed E-state index contributed by atoms with van der Waals surface area (Å²) in [7, 11) is 0. The number of hydrogen-bond donors (Lipinski definition) is 1. The highest BCUT2D eigenvalue weighted by Crippen LogP contribution is 2.25. The highest BCUT2D eigenvalue weighted by molar-refractivity contribution is 6.30. The second-order valence-electron chi connectivity index (χ2n) is 6.01. The van der Waals surface area contributed by atoms with Crippen LogP contribution >= 0.6 is 11.6 Å². The molecular weight excluding hydrogens is 329 g/mol. The van der Waals surface area contributed by atoms with Gasteiger partial charge >= 0.3 is 0 Å². The van der Waals surface area contributed by atoms with Crippen molar-refractivity contribution in [3.8, 4) is 5.75 Å². The SMILES string of the molecule is O=C(Cc1ccc(Cl)cc1F)Nc1ccc(OC2CCCC2)cc1. The van der Waals surface area contributed by atoms with Crippen LogP contribution in [0, 0.1) is 5.82 Å². The van der Waals surface area contributed by atoms with Crippen LogP contribution in [0.4, 0.5) is 10.1 Å². The van der Waals surface area contributed by atoms with Gasteiger partial charge in [-0.05, 0) is 67.6 Å². The number of anilines is 1. The van der Waals surface area contributed by atoms with Crippen molar-refractivity contribution in [1.82, 2.24) is 0 Å². The number of hydrogen-bond acceptors (Lipinski definition) is 2. The zero-order chi connectivity index (χ0) is 16.9. The van der Waals surface area contributed by atoms with E-state index in [0.717, 1.165) is 18.6 Å². The molecule has 1 aliphatic carbocycles. The number of nitrogens with one attached hydrogen (secondary N) is 1. The third kappa shape index (κ3) is 4.48. The Morgan fingerprint density at radius 3 is 2.54 bits per heavy atom. The lowest BCUT2D eigenvalue weighted by Gasteiger charge is -2.13. The molecule has 126 valence electrons. The highest BCUT2D eigenvalue weighted by atomic mass is 35.5. The third-order valence-electron chi connectivity index (χ3n) is 4.11. The molecule has 0 aliphatic heterocycles. The number of amides is 1. The second-order valence-corrected chi connectivity index (χ2v) is 6.45. The summed E-state index contributed by atoms with van der Waals surface area (Å²) in [5.74, 6) is 0.0577. The van der Waals surface area contributed by atoms with Gasteiger partial charge in [0.2, 0.25) is 5.91 Å². The van der Waals surface area contributed by atoms with Crippen molar-refractivity contribution in [1.29, 1.82) is 0 Å². The van der Waals surface area contributed by atoms with E-state index in [1.165, 1.54) is 25.0 Å². The molecule has 2 aromatic rings. The predicted octanol–water partition coefficient (Wildman–Crippen LogP) is 4.98. The van der Waals surface area contributed by atoms with E-state index in [1.54, 1.807) is 18.2 Å². The minimum absolute atomic E-state index is 0.0384. The Kier molecular flexibility index (Phi) is 5.36. The molecule has 2 aromatic carbocycles. The lowest BCUT2D eigenvalue weighted by atomic mass is 10.1. The molecule has 24 heavy (non-hydrogen) atoms. The second kappa shape index (κ2) is 7.67. The molecule has 0 radical (unpaired) electrons. The van der Waals surface area contributed by atoms with Gasteiger partial charge < -0.3 is 10.1 Å². The molecule has 0 heterocycles. The Bertz CT molecular complexity index is 712. The first kappa shape index (κ1) is 16.8. The van der Waals surface area contributed by atoms with Crippen molar-refractivity contribution < 1.29 is 13.9 Å². The minimum atomic E-state index is -0.474. The summed E-state index contributed by atoms with van der Waals surface area (Å²) >= 11 is 5.71. The molecule has 1 aliphatic rings. The molecule has 1 fully saturated rings. The molecule has 1 amide bonds. The summed E-state index contributed by atoms with van der Waals surface area (Å²) < 4.78 is 19.6. The first-order chi connectivity index (χ1) is 11.6. The van der Waals surface area contributed by atoms with Gasteiger partial charge in [0.1, 0.15) is 11.6 Å². The van der Waals surface area contributed by atoms with Crippen LogP contribution in [0.1, 0.15) is 31.2 Å². The van der Waals surface area contributed by atoms with Crippen molar-refractivity contribution in [2.45, 2.75) is 38.2 Å². The molecule has 3 nitrogen and oxygen atoms in total. The fraction of sp³-hybridized carbons (Fsp3) is 0.316. The van der Waals surface area contributed by atoms with Crippen LogP contribution in [0.15, 0.2) is 42.5 Å². The zero-order valence-corrected chi connectivity index (χ0v) is 14.0. The Morgan fingerprint density at radius 1 is 1.17 bits per heavy atom. The molecule has 5 heteroatoms. The molecule has 0 bridgehead atoms.